The van der Waals surface area contributed by atoms with E-state index < -0.39 is 0 Å². The molecule has 0 bridgehead atoms. The number of nitrogens with one attached hydrogen (secondary N) is 1. The van der Waals surface area contributed by atoms with Crippen molar-refractivity contribution < 1.29 is 0 Å². The molecule has 3 N–H and O–H groups in total. The van der Waals surface area contributed by atoms with Crippen LogP contribution in [-0.2, 0) is 20.0 Å². The first-order valence-electron chi connectivity index (χ1n) is 6.51. The van der Waals surface area contributed by atoms with Gasteiger partial charge in [0.05, 0.1) is 11.6 Å². The van der Waals surface area contributed by atoms with Crippen molar-refractivity contribution in [2.24, 2.45) is 17.8 Å². The molecule has 0 aliphatic heterocycles. The fraction of sp³-hybridized carbons (Fsp3) is 0.286. The van der Waals surface area contributed by atoms with Gasteiger partial charge in [-0.15, -0.1) is 24.0 Å². The highest BCUT2D eigenvalue weighted by atomic mass is 127. The van der Waals surface area contributed by atoms with Gasteiger partial charge in [-0.25, -0.2) is 4.99 Å². The maximum atomic E-state index is 5.99. The minimum absolute atomic E-state index is 0. The fourth-order valence-electron chi connectivity index (χ4n) is 1.83. The summed E-state index contributed by atoms with van der Waals surface area (Å²) in [6.07, 6.45) is 2.56. The Bertz CT molecular complexity index is 628. The summed E-state index contributed by atoms with van der Waals surface area (Å²) in [7, 11) is 1.84. The summed E-state index contributed by atoms with van der Waals surface area (Å²) in [5, 5.41) is 4.08. The van der Waals surface area contributed by atoms with Crippen molar-refractivity contribution in [1.82, 2.24) is 14.9 Å². The molecule has 22 heavy (non-hydrogen) atoms. The minimum atomic E-state index is 0. The van der Waals surface area contributed by atoms with Gasteiger partial charge in [0.1, 0.15) is 5.15 Å². The first-order chi connectivity index (χ1) is 10.1. The van der Waals surface area contributed by atoms with E-state index in [-0.39, 0.29) is 24.0 Å². The second-order valence-electron chi connectivity index (χ2n) is 4.53. The summed E-state index contributed by atoms with van der Waals surface area (Å²) in [6, 6.07) is 7.61. The molecule has 0 aliphatic rings. The molecule has 2 rings (SSSR count). The molecular weight excluding hydrogens is 436 g/mol. The summed E-state index contributed by atoms with van der Waals surface area (Å²) >= 11 is 11.9. The van der Waals surface area contributed by atoms with Crippen molar-refractivity contribution in [3.05, 3.63) is 52.0 Å². The summed E-state index contributed by atoms with van der Waals surface area (Å²) < 4.78 is 1.79. The van der Waals surface area contributed by atoms with Crippen molar-refractivity contribution >= 4 is 53.1 Å². The Hall–Kier alpha value is -0.990. The van der Waals surface area contributed by atoms with Crippen LogP contribution in [0.1, 0.15) is 11.4 Å². The van der Waals surface area contributed by atoms with E-state index in [0.29, 0.717) is 29.2 Å². The van der Waals surface area contributed by atoms with Crippen LogP contribution >= 0.6 is 47.2 Å². The number of nitrogens with zero attached hydrogens (tertiary/aromatic N) is 3. The van der Waals surface area contributed by atoms with Crippen LogP contribution in [0.3, 0.4) is 0 Å². The van der Waals surface area contributed by atoms with E-state index in [1.165, 1.54) is 0 Å². The van der Waals surface area contributed by atoms with Crippen LogP contribution in [0.25, 0.3) is 0 Å². The number of halogens is 3. The van der Waals surface area contributed by atoms with Gasteiger partial charge < -0.3 is 15.6 Å². The molecule has 0 amide bonds. The third kappa shape index (κ3) is 5.33. The molecule has 0 aromatic carbocycles. The Morgan fingerprint density at radius 1 is 1.41 bits per heavy atom. The number of aliphatic imine (C=N–C) groups is 1. The Labute approximate surface area is 156 Å². The summed E-state index contributed by atoms with van der Waals surface area (Å²) in [4.78, 5) is 8.51. The zero-order chi connectivity index (χ0) is 15.2. The maximum Gasteiger partial charge on any atom is 0.188 e. The zero-order valence-electron chi connectivity index (χ0n) is 12.1. The highest BCUT2D eigenvalue weighted by Crippen LogP contribution is 2.25. The molecule has 0 saturated carbocycles. The summed E-state index contributed by atoms with van der Waals surface area (Å²) in [6.45, 7) is 1.10. The van der Waals surface area contributed by atoms with E-state index in [1.807, 2.05) is 25.2 Å². The van der Waals surface area contributed by atoms with Crippen LogP contribution in [0, 0.1) is 0 Å². The third-order valence-electron chi connectivity index (χ3n) is 3.04. The average molecular weight is 454 g/mol. The first kappa shape index (κ1) is 19.1. The van der Waals surface area contributed by atoms with Gasteiger partial charge in [-0.05, 0) is 18.2 Å². The third-order valence-corrected chi connectivity index (χ3v) is 3.88. The van der Waals surface area contributed by atoms with Crippen LogP contribution in [0.5, 0.6) is 0 Å². The number of nitrogens with two attached hydrogens (primary N) is 1. The van der Waals surface area contributed by atoms with Gasteiger partial charge in [0.25, 0.3) is 0 Å². The highest BCUT2D eigenvalue weighted by molar-refractivity contribution is 14.0. The summed E-state index contributed by atoms with van der Waals surface area (Å²) in [5.41, 5.74) is 7.74. The van der Waals surface area contributed by atoms with Crippen LogP contribution in [0.4, 0.5) is 0 Å². The smallest absolute Gasteiger partial charge is 0.188 e. The molecule has 8 heteroatoms. The number of hydrogen-bond donors (Lipinski definition) is 2. The Kier molecular flexibility index (Phi) is 7.98. The maximum absolute atomic E-state index is 5.99. The molecule has 0 radical (unpaired) electrons. The molecule has 2 aromatic heterocycles. The predicted molar refractivity (Wildman–Crippen MR) is 102 cm³/mol. The lowest BCUT2D eigenvalue weighted by atomic mass is 10.3. The van der Waals surface area contributed by atoms with E-state index in [4.69, 9.17) is 28.9 Å². The largest absolute Gasteiger partial charge is 0.370 e. The lowest BCUT2D eigenvalue weighted by Crippen LogP contribution is -2.33. The lowest BCUT2D eigenvalue weighted by molar-refractivity contribution is 0.802. The highest BCUT2D eigenvalue weighted by Gasteiger charge is 2.08. The molecular formula is C14H18Cl2IN5. The first-order valence-corrected chi connectivity index (χ1v) is 7.27. The van der Waals surface area contributed by atoms with Crippen LogP contribution < -0.4 is 11.1 Å². The molecule has 0 saturated heterocycles. The van der Waals surface area contributed by atoms with Gasteiger partial charge in [-0.1, -0.05) is 29.3 Å². The van der Waals surface area contributed by atoms with E-state index >= 15 is 0 Å². The van der Waals surface area contributed by atoms with E-state index in [2.05, 4.69) is 15.3 Å². The number of hydrogen-bond acceptors (Lipinski definition) is 2. The standard InChI is InChI=1S/C14H17Cl2N5.HI/c1-21-11(8-12(15)13(21)16)9-20-14(17)19-7-5-10-4-2-3-6-18-10;/h2-4,6,8H,5,7,9H2,1H3,(H3,17,19,20);1H. The molecule has 2 aromatic rings. The molecule has 0 atom stereocenters. The van der Waals surface area contributed by atoms with E-state index in [0.717, 1.165) is 17.8 Å². The molecule has 5 nitrogen and oxygen atoms in total. The van der Waals surface area contributed by atoms with Gasteiger partial charge in [-0.2, -0.15) is 0 Å². The number of pyridine rings is 1. The monoisotopic (exact) mass is 453 g/mol. The predicted octanol–water partition coefficient (Wildman–Crippen LogP) is 2.99. The molecule has 0 fully saturated rings. The van der Waals surface area contributed by atoms with Crippen molar-refractivity contribution in [3.8, 4) is 0 Å². The molecule has 2 heterocycles. The van der Waals surface area contributed by atoms with Gasteiger partial charge >= 0.3 is 0 Å². The SMILES string of the molecule is Cn1c(CN=C(N)NCCc2ccccn2)cc(Cl)c1Cl.I. The van der Waals surface area contributed by atoms with Gasteiger partial charge in [0, 0.05) is 37.6 Å². The van der Waals surface area contributed by atoms with Crippen LogP contribution in [-0.4, -0.2) is 22.1 Å². The van der Waals surface area contributed by atoms with Crippen molar-refractivity contribution in [2.45, 2.75) is 13.0 Å². The quantitative estimate of drug-likeness (QED) is 0.415. The fourth-order valence-corrected chi connectivity index (χ4v) is 2.24. The molecule has 0 aliphatic carbocycles. The zero-order valence-corrected chi connectivity index (χ0v) is 15.9. The van der Waals surface area contributed by atoms with Gasteiger partial charge in [0.2, 0.25) is 0 Å². The molecule has 0 spiro atoms. The number of rotatable bonds is 5. The van der Waals surface area contributed by atoms with Gasteiger partial charge in [-0.3, -0.25) is 4.98 Å². The van der Waals surface area contributed by atoms with Crippen molar-refractivity contribution in [2.75, 3.05) is 6.54 Å². The van der Waals surface area contributed by atoms with Crippen LogP contribution in [0.15, 0.2) is 35.5 Å². The minimum Gasteiger partial charge on any atom is -0.370 e. The Morgan fingerprint density at radius 3 is 2.77 bits per heavy atom. The van der Waals surface area contributed by atoms with Crippen molar-refractivity contribution in [3.63, 3.8) is 0 Å². The summed E-state index contributed by atoms with van der Waals surface area (Å²) in [5.74, 6) is 0.388. The normalized spacial score (nSPS) is 11.1. The average Bonchev–Trinajstić information content (AvgIpc) is 2.73. The molecule has 0 unspecified atom stereocenters. The van der Waals surface area contributed by atoms with Crippen LogP contribution in [0.2, 0.25) is 10.2 Å². The Balaban J connectivity index is 0.00000242. The number of aromatic nitrogens is 2. The Morgan fingerprint density at radius 2 is 2.18 bits per heavy atom. The van der Waals surface area contributed by atoms with E-state index in [1.54, 1.807) is 16.8 Å². The lowest BCUT2D eigenvalue weighted by Gasteiger charge is -2.06. The number of guanidine groups is 1. The van der Waals surface area contributed by atoms with Crippen molar-refractivity contribution in [1.29, 1.82) is 0 Å². The second kappa shape index (κ2) is 9.22. The second-order valence-corrected chi connectivity index (χ2v) is 5.30. The topological polar surface area (TPSA) is 68.2 Å². The van der Waals surface area contributed by atoms with Gasteiger partial charge in [0.15, 0.2) is 5.96 Å². The molecule has 120 valence electrons. The van der Waals surface area contributed by atoms with E-state index in [9.17, 15) is 0 Å².